The minimum atomic E-state index is -0.593. The number of carbonyl (C=O) groups is 1. The molecule has 0 saturated heterocycles. The van der Waals surface area contributed by atoms with Crippen LogP contribution in [0.25, 0.3) is 10.9 Å². The van der Waals surface area contributed by atoms with Crippen LogP contribution in [-0.2, 0) is 12.8 Å². The van der Waals surface area contributed by atoms with E-state index in [0.29, 0.717) is 17.9 Å². The van der Waals surface area contributed by atoms with Crippen molar-refractivity contribution in [2.24, 2.45) is 17.6 Å². The lowest BCUT2D eigenvalue weighted by Crippen LogP contribution is -2.33. The first kappa shape index (κ1) is 21.5. The number of H-pyrrole nitrogens is 1. The molecule has 1 atom stereocenters. The Balaban J connectivity index is 1.36. The number of nitrogens with one attached hydrogen (secondary N) is 1. The van der Waals surface area contributed by atoms with Gasteiger partial charge in [0.2, 0.25) is 5.91 Å². The smallest absolute Gasteiger partial charge is 0.249 e. The summed E-state index contributed by atoms with van der Waals surface area (Å²) in [7, 11) is 0. The molecular weight excluding hydrogens is 424 g/mol. The van der Waals surface area contributed by atoms with Crippen molar-refractivity contribution in [2.45, 2.75) is 32.6 Å². The lowest BCUT2D eigenvalue weighted by molar-refractivity contribution is 0.0998. The average molecular weight is 452 g/mol. The number of primary amides is 1. The Morgan fingerprint density at radius 2 is 2.09 bits per heavy atom. The van der Waals surface area contributed by atoms with Crippen molar-refractivity contribution in [3.63, 3.8) is 0 Å². The maximum Gasteiger partial charge on any atom is 0.249 e. The number of nitrogens with two attached hydrogens (primary N) is 1. The maximum absolute atomic E-state index is 14.3. The predicted molar refractivity (Wildman–Crippen MR) is 123 cm³/mol. The molecule has 3 N–H and O–H groups in total. The third-order valence-electron chi connectivity index (χ3n) is 6.56. The summed E-state index contributed by atoms with van der Waals surface area (Å²) in [6, 6.07) is 7.43. The summed E-state index contributed by atoms with van der Waals surface area (Å²) >= 11 is 0. The molecule has 5 rings (SSSR count). The van der Waals surface area contributed by atoms with Crippen LogP contribution in [0, 0.1) is 23.5 Å². The standard InChI is InChI=1S/C26H27F2N3O2/c1-15(8-17-11-30-24-7-4-18(27)9-21(17)24)12-31(13-16-2-3-16)19-10-22-20(26(29)32)5-6-23(28)25(22)33-14-19/h4-7,9,11,14-16,30H,2-3,8,10,12-13H2,1H3,(H2,29,32)/t15-/m1/s1. The molecule has 7 heteroatoms. The summed E-state index contributed by atoms with van der Waals surface area (Å²) in [5.74, 6) is -0.354. The van der Waals surface area contributed by atoms with Crippen molar-refractivity contribution < 1.29 is 18.3 Å². The van der Waals surface area contributed by atoms with Gasteiger partial charge in [0.05, 0.1) is 5.70 Å². The summed E-state index contributed by atoms with van der Waals surface area (Å²) in [5.41, 5.74) is 9.25. The summed E-state index contributed by atoms with van der Waals surface area (Å²) < 4.78 is 33.7. The van der Waals surface area contributed by atoms with E-state index in [9.17, 15) is 13.6 Å². The molecule has 1 fully saturated rings. The minimum Gasteiger partial charge on any atom is -0.460 e. The Morgan fingerprint density at radius 1 is 1.27 bits per heavy atom. The van der Waals surface area contributed by atoms with Crippen molar-refractivity contribution in [1.29, 1.82) is 0 Å². The molecule has 0 unspecified atom stereocenters. The number of carbonyl (C=O) groups excluding carboxylic acids is 1. The van der Waals surface area contributed by atoms with Gasteiger partial charge in [0.15, 0.2) is 11.6 Å². The third-order valence-corrected chi connectivity index (χ3v) is 6.56. The van der Waals surface area contributed by atoms with Gasteiger partial charge in [0.1, 0.15) is 12.1 Å². The molecule has 3 aromatic rings. The van der Waals surface area contributed by atoms with E-state index in [1.807, 2.05) is 6.20 Å². The van der Waals surface area contributed by atoms with Crippen molar-refractivity contribution in [1.82, 2.24) is 9.88 Å². The van der Waals surface area contributed by atoms with Crippen LogP contribution < -0.4 is 10.5 Å². The Hall–Kier alpha value is -3.35. The molecule has 1 aromatic heterocycles. The summed E-state index contributed by atoms with van der Waals surface area (Å²) in [6.07, 6.45) is 7.12. The van der Waals surface area contributed by atoms with Gasteiger partial charge in [-0.25, -0.2) is 8.78 Å². The van der Waals surface area contributed by atoms with Crippen LogP contribution in [-0.4, -0.2) is 28.9 Å². The van der Waals surface area contributed by atoms with Gasteiger partial charge in [0, 0.05) is 47.7 Å². The van der Waals surface area contributed by atoms with E-state index in [2.05, 4.69) is 16.8 Å². The number of hydrogen-bond donors (Lipinski definition) is 2. The molecule has 33 heavy (non-hydrogen) atoms. The van der Waals surface area contributed by atoms with Gasteiger partial charge in [-0.3, -0.25) is 4.79 Å². The van der Waals surface area contributed by atoms with E-state index in [0.717, 1.165) is 41.7 Å². The second kappa shape index (κ2) is 8.54. The number of fused-ring (bicyclic) bond motifs is 2. The first-order valence-electron chi connectivity index (χ1n) is 11.4. The Morgan fingerprint density at radius 3 is 2.85 bits per heavy atom. The lowest BCUT2D eigenvalue weighted by Gasteiger charge is -2.32. The number of allylic oxidation sites excluding steroid dienone is 1. The molecular formula is C26H27F2N3O2. The van der Waals surface area contributed by atoms with E-state index in [-0.39, 0.29) is 23.0 Å². The van der Waals surface area contributed by atoms with E-state index in [1.165, 1.54) is 31.0 Å². The molecule has 1 saturated carbocycles. The van der Waals surface area contributed by atoms with Crippen LogP contribution in [0.3, 0.4) is 0 Å². The highest BCUT2D eigenvalue weighted by Gasteiger charge is 2.30. The normalized spacial score (nSPS) is 16.2. The SMILES string of the molecule is C[C@H](Cc1c[nH]c2ccc(F)cc12)CN(CC1CC1)C1=COc2c(F)ccc(C(N)=O)c2C1. The van der Waals surface area contributed by atoms with E-state index in [4.69, 9.17) is 10.5 Å². The van der Waals surface area contributed by atoms with E-state index in [1.54, 1.807) is 18.4 Å². The predicted octanol–water partition coefficient (Wildman–Crippen LogP) is 4.91. The molecule has 2 aliphatic rings. The lowest BCUT2D eigenvalue weighted by atomic mass is 9.97. The first-order valence-corrected chi connectivity index (χ1v) is 11.4. The molecule has 1 amide bonds. The summed E-state index contributed by atoms with van der Waals surface area (Å²) in [6.45, 7) is 3.83. The second-order valence-electron chi connectivity index (χ2n) is 9.33. The molecule has 0 radical (unpaired) electrons. The zero-order valence-electron chi connectivity index (χ0n) is 18.5. The van der Waals surface area contributed by atoms with Gasteiger partial charge in [-0.05, 0) is 67.0 Å². The fourth-order valence-electron chi connectivity index (χ4n) is 4.73. The van der Waals surface area contributed by atoms with Gasteiger partial charge < -0.3 is 20.4 Å². The molecule has 2 heterocycles. The summed E-state index contributed by atoms with van der Waals surface area (Å²) in [5, 5.41) is 0.909. The molecule has 5 nitrogen and oxygen atoms in total. The highest BCUT2D eigenvalue weighted by atomic mass is 19.1. The van der Waals surface area contributed by atoms with Crippen LogP contribution in [0.1, 0.15) is 41.3 Å². The largest absolute Gasteiger partial charge is 0.460 e. The number of hydrogen-bond acceptors (Lipinski definition) is 3. The molecule has 0 bridgehead atoms. The highest BCUT2D eigenvalue weighted by molar-refractivity contribution is 5.95. The zero-order valence-corrected chi connectivity index (χ0v) is 18.5. The topological polar surface area (TPSA) is 71.3 Å². The van der Waals surface area contributed by atoms with Crippen molar-refractivity contribution in [2.75, 3.05) is 13.1 Å². The van der Waals surface area contributed by atoms with Gasteiger partial charge in [-0.2, -0.15) is 0 Å². The quantitative estimate of drug-likeness (QED) is 0.511. The monoisotopic (exact) mass is 451 g/mol. The van der Waals surface area contributed by atoms with Gasteiger partial charge >= 0.3 is 0 Å². The van der Waals surface area contributed by atoms with Crippen LogP contribution in [0.15, 0.2) is 48.5 Å². The van der Waals surface area contributed by atoms with Crippen LogP contribution >= 0.6 is 0 Å². The van der Waals surface area contributed by atoms with Gasteiger partial charge in [-0.15, -0.1) is 0 Å². The fraction of sp³-hybridized carbons (Fsp3) is 0.346. The number of benzene rings is 2. The number of aromatic amines is 1. The van der Waals surface area contributed by atoms with E-state index < -0.39 is 11.7 Å². The molecule has 2 aromatic carbocycles. The number of nitrogens with zero attached hydrogens (tertiary/aromatic N) is 1. The Labute approximate surface area is 191 Å². The number of rotatable bonds is 8. The van der Waals surface area contributed by atoms with Crippen LogP contribution in [0.4, 0.5) is 8.78 Å². The van der Waals surface area contributed by atoms with Crippen LogP contribution in [0.2, 0.25) is 0 Å². The van der Waals surface area contributed by atoms with Crippen LogP contribution in [0.5, 0.6) is 5.75 Å². The zero-order chi connectivity index (χ0) is 23.1. The number of halogens is 2. The van der Waals surface area contributed by atoms with Crippen molar-refractivity contribution >= 4 is 16.8 Å². The molecule has 1 aliphatic heterocycles. The van der Waals surface area contributed by atoms with Crippen molar-refractivity contribution in [3.05, 3.63) is 76.8 Å². The third kappa shape index (κ3) is 4.45. The maximum atomic E-state index is 14.3. The number of ether oxygens (including phenoxy) is 1. The van der Waals surface area contributed by atoms with Crippen molar-refractivity contribution in [3.8, 4) is 5.75 Å². The Kier molecular flexibility index (Phi) is 5.56. The average Bonchev–Trinajstić information content (AvgIpc) is 3.53. The minimum absolute atomic E-state index is 0.0790. The number of amides is 1. The van der Waals surface area contributed by atoms with E-state index >= 15 is 0 Å². The number of aromatic nitrogens is 1. The fourth-order valence-corrected chi connectivity index (χ4v) is 4.73. The Bertz CT molecular complexity index is 1250. The molecule has 1 aliphatic carbocycles. The van der Waals surface area contributed by atoms with Gasteiger partial charge in [0.25, 0.3) is 0 Å². The molecule has 0 spiro atoms. The summed E-state index contributed by atoms with van der Waals surface area (Å²) in [4.78, 5) is 17.4. The second-order valence-corrected chi connectivity index (χ2v) is 9.33. The van der Waals surface area contributed by atoms with Gasteiger partial charge in [-0.1, -0.05) is 6.92 Å². The first-order chi connectivity index (χ1) is 15.9. The highest BCUT2D eigenvalue weighted by Crippen LogP contribution is 2.36. The molecule has 172 valence electrons.